The number of carbonyl (C=O) groups is 1. The molecule has 2 aliphatic heterocycles. The lowest BCUT2D eigenvalue weighted by Crippen LogP contribution is -2.24. The van der Waals surface area contributed by atoms with E-state index in [1.165, 1.54) is 17.3 Å². The van der Waals surface area contributed by atoms with Crippen molar-refractivity contribution in [2.24, 2.45) is 0 Å². The van der Waals surface area contributed by atoms with Crippen LogP contribution in [0, 0.1) is 0 Å². The summed E-state index contributed by atoms with van der Waals surface area (Å²) in [6.07, 6.45) is 5.02. The van der Waals surface area contributed by atoms with Crippen molar-refractivity contribution in [1.82, 2.24) is 25.6 Å². The van der Waals surface area contributed by atoms with Crippen molar-refractivity contribution in [1.29, 1.82) is 0 Å². The van der Waals surface area contributed by atoms with Crippen molar-refractivity contribution in [3.8, 4) is 5.88 Å². The van der Waals surface area contributed by atoms with E-state index in [2.05, 4.69) is 48.4 Å². The van der Waals surface area contributed by atoms with Crippen LogP contribution in [0.25, 0.3) is 0 Å². The van der Waals surface area contributed by atoms with E-state index in [4.69, 9.17) is 9.47 Å². The molecule has 2 aromatic heterocycles. The molecule has 4 N–H and O–H groups in total. The van der Waals surface area contributed by atoms with Crippen LogP contribution in [0.5, 0.6) is 5.88 Å². The Bertz CT molecular complexity index is 1200. The number of aromatic nitrogens is 3. The number of carbonyl (C=O) groups excluding carboxylic acids is 1. The predicted molar refractivity (Wildman–Crippen MR) is 133 cm³/mol. The van der Waals surface area contributed by atoms with Gasteiger partial charge in [-0.25, -0.2) is 9.97 Å². The molecule has 1 atom stereocenters. The number of pyridine rings is 1. The zero-order valence-electron chi connectivity index (χ0n) is 19.6. The zero-order chi connectivity index (χ0) is 24.0. The molecule has 0 saturated carbocycles. The van der Waals surface area contributed by atoms with Crippen LogP contribution in [0.2, 0.25) is 0 Å². The number of anilines is 4. The summed E-state index contributed by atoms with van der Waals surface area (Å²) in [5.41, 5.74) is 4.54. The van der Waals surface area contributed by atoms with Gasteiger partial charge < -0.3 is 30.7 Å². The van der Waals surface area contributed by atoms with E-state index in [-0.39, 0.29) is 12.0 Å². The lowest BCUT2D eigenvalue weighted by atomic mass is 10.0. The van der Waals surface area contributed by atoms with Crippen LogP contribution in [0.1, 0.15) is 34.8 Å². The second kappa shape index (κ2) is 10.7. The van der Waals surface area contributed by atoms with Gasteiger partial charge in [0.25, 0.3) is 5.91 Å². The van der Waals surface area contributed by atoms with Gasteiger partial charge >= 0.3 is 0 Å². The third-order valence-electron chi connectivity index (χ3n) is 5.89. The van der Waals surface area contributed by atoms with Gasteiger partial charge in [-0.2, -0.15) is 4.98 Å². The summed E-state index contributed by atoms with van der Waals surface area (Å²) < 4.78 is 11.3. The molecule has 1 amide bonds. The molecule has 0 bridgehead atoms. The smallest absolute Gasteiger partial charge is 0.256 e. The van der Waals surface area contributed by atoms with E-state index in [1.54, 1.807) is 18.3 Å². The largest absolute Gasteiger partial charge is 0.472 e. The number of hydrogen-bond donors (Lipinski definition) is 4. The van der Waals surface area contributed by atoms with Crippen LogP contribution < -0.4 is 26.0 Å². The number of fused-ring (bicyclic) bond motifs is 1. The lowest BCUT2D eigenvalue weighted by Gasteiger charge is -2.18. The van der Waals surface area contributed by atoms with E-state index in [1.807, 2.05) is 13.0 Å². The van der Waals surface area contributed by atoms with Gasteiger partial charge in [0.1, 0.15) is 17.5 Å². The minimum atomic E-state index is -0.255. The Kier molecular flexibility index (Phi) is 7.01. The summed E-state index contributed by atoms with van der Waals surface area (Å²) in [4.78, 5) is 26.0. The molecule has 182 valence electrons. The summed E-state index contributed by atoms with van der Waals surface area (Å²) in [6, 6.07) is 9.84. The van der Waals surface area contributed by atoms with Crippen molar-refractivity contribution >= 4 is 29.0 Å². The van der Waals surface area contributed by atoms with Crippen LogP contribution in [0.15, 0.2) is 42.7 Å². The lowest BCUT2D eigenvalue weighted by molar-refractivity contribution is 0.0956. The molecule has 35 heavy (non-hydrogen) atoms. The van der Waals surface area contributed by atoms with Crippen molar-refractivity contribution in [3.63, 3.8) is 0 Å². The van der Waals surface area contributed by atoms with E-state index < -0.39 is 0 Å². The fourth-order valence-electron chi connectivity index (χ4n) is 4.11. The number of ether oxygens (including phenoxy) is 2. The molecule has 2 aliphatic rings. The molecule has 4 heterocycles. The first kappa shape index (κ1) is 23.0. The SMILES string of the molecule is CCNC(=O)c1cnc(Nc2ccc3c(c2)CNCC3)nc1Nc1ccnc(OC2CCOC2)c1. The van der Waals surface area contributed by atoms with Gasteiger partial charge in [-0.15, -0.1) is 0 Å². The molecular weight excluding hydrogens is 446 g/mol. The second-order valence-electron chi connectivity index (χ2n) is 8.46. The summed E-state index contributed by atoms with van der Waals surface area (Å²) in [5, 5.41) is 12.7. The maximum atomic E-state index is 12.7. The molecule has 5 rings (SSSR count). The minimum Gasteiger partial charge on any atom is -0.472 e. The molecule has 10 nitrogen and oxygen atoms in total. The first-order valence-corrected chi connectivity index (χ1v) is 11.9. The quantitative estimate of drug-likeness (QED) is 0.389. The predicted octanol–water partition coefficient (Wildman–Crippen LogP) is 2.92. The molecule has 10 heteroatoms. The molecule has 0 radical (unpaired) electrons. The maximum absolute atomic E-state index is 12.7. The second-order valence-corrected chi connectivity index (χ2v) is 8.46. The number of rotatable bonds is 8. The third kappa shape index (κ3) is 5.67. The molecule has 3 aromatic rings. The van der Waals surface area contributed by atoms with Gasteiger partial charge in [0.2, 0.25) is 11.8 Å². The summed E-state index contributed by atoms with van der Waals surface area (Å²) in [6.45, 7) is 5.45. The molecule has 1 unspecified atom stereocenters. The van der Waals surface area contributed by atoms with Crippen molar-refractivity contribution in [3.05, 3.63) is 59.4 Å². The fraction of sp³-hybridized carbons (Fsp3) is 0.360. The van der Waals surface area contributed by atoms with Crippen LogP contribution in [0.4, 0.5) is 23.1 Å². The fourth-order valence-corrected chi connectivity index (χ4v) is 4.11. The Labute approximate surface area is 203 Å². The molecule has 1 saturated heterocycles. The molecule has 0 spiro atoms. The highest BCUT2D eigenvalue weighted by Gasteiger charge is 2.19. The molecular formula is C25H29N7O3. The van der Waals surface area contributed by atoms with Gasteiger partial charge in [-0.1, -0.05) is 6.07 Å². The molecule has 1 aromatic carbocycles. The number of nitrogens with one attached hydrogen (secondary N) is 4. The maximum Gasteiger partial charge on any atom is 0.256 e. The summed E-state index contributed by atoms with van der Waals surface area (Å²) in [7, 11) is 0. The van der Waals surface area contributed by atoms with E-state index in [9.17, 15) is 4.79 Å². The highest BCUT2D eigenvalue weighted by Crippen LogP contribution is 2.25. The average Bonchev–Trinajstić information content (AvgIpc) is 3.37. The summed E-state index contributed by atoms with van der Waals surface area (Å²) >= 11 is 0. The van der Waals surface area contributed by atoms with Gasteiger partial charge in [0.05, 0.1) is 13.2 Å². The van der Waals surface area contributed by atoms with E-state index in [0.29, 0.717) is 48.7 Å². The van der Waals surface area contributed by atoms with Crippen LogP contribution in [-0.2, 0) is 17.7 Å². The van der Waals surface area contributed by atoms with Gasteiger partial charge in [-0.3, -0.25) is 4.79 Å². The van der Waals surface area contributed by atoms with Gasteiger partial charge in [0.15, 0.2) is 0 Å². The third-order valence-corrected chi connectivity index (χ3v) is 5.89. The standard InChI is InChI=1S/C25H29N7O3/c1-2-27-24(33)21-14-29-25(31-18-4-3-16-5-8-26-13-17(16)11-18)32-23(21)30-19-6-9-28-22(12-19)35-20-7-10-34-15-20/h3-4,6,9,11-12,14,20,26H,2,5,7-8,10,13,15H2,1H3,(H,27,33)(H2,28,29,30,31,32). The topological polar surface area (TPSA) is 122 Å². The average molecular weight is 476 g/mol. The minimum absolute atomic E-state index is 0.00897. The van der Waals surface area contributed by atoms with E-state index >= 15 is 0 Å². The van der Waals surface area contributed by atoms with Crippen LogP contribution >= 0.6 is 0 Å². The normalized spacial score (nSPS) is 16.9. The van der Waals surface area contributed by atoms with Crippen LogP contribution in [0.3, 0.4) is 0 Å². The first-order valence-electron chi connectivity index (χ1n) is 11.9. The van der Waals surface area contributed by atoms with Gasteiger partial charge in [-0.05, 0) is 49.2 Å². The molecule has 1 fully saturated rings. The molecule has 0 aliphatic carbocycles. The Balaban J connectivity index is 1.39. The van der Waals surface area contributed by atoms with E-state index in [0.717, 1.165) is 31.6 Å². The Hall–Kier alpha value is -3.76. The zero-order valence-corrected chi connectivity index (χ0v) is 19.6. The van der Waals surface area contributed by atoms with Crippen molar-refractivity contribution in [2.75, 3.05) is 36.9 Å². The first-order chi connectivity index (χ1) is 17.2. The van der Waals surface area contributed by atoms with Gasteiger partial charge in [0, 0.05) is 49.3 Å². The number of nitrogens with zero attached hydrogens (tertiary/aromatic N) is 3. The Morgan fingerprint density at radius 3 is 2.94 bits per heavy atom. The number of amides is 1. The monoisotopic (exact) mass is 475 g/mol. The number of benzene rings is 1. The van der Waals surface area contributed by atoms with Crippen molar-refractivity contribution in [2.45, 2.75) is 32.4 Å². The summed E-state index contributed by atoms with van der Waals surface area (Å²) in [5.74, 6) is 1.00. The Morgan fingerprint density at radius 2 is 2.09 bits per heavy atom. The van der Waals surface area contributed by atoms with Crippen LogP contribution in [-0.4, -0.2) is 53.3 Å². The Morgan fingerprint density at radius 1 is 1.17 bits per heavy atom. The highest BCUT2D eigenvalue weighted by atomic mass is 16.5. The number of hydrogen-bond acceptors (Lipinski definition) is 9. The highest BCUT2D eigenvalue weighted by molar-refractivity contribution is 5.99. The van der Waals surface area contributed by atoms with Crippen molar-refractivity contribution < 1.29 is 14.3 Å².